The smallest absolute Gasteiger partial charge is 0.416 e. The van der Waals surface area contributed by atoms with Crippen LogP contribution in [0.4, 0.5) is 35.9 Å². The van der Waals surface area contributed by atoms with Gasteiger partial charge in [0.05, 0.1) is 22.5 Å². The standard InChI is InChI=1S/C18H17F3N3O8P/c1-3-10-6-15(24(28)29)16(33(30)32-9-17(25)31-2)8-13(10)22-12-5-4-11(18(19,20)21)7-14(12)23(26)27/h4-8,22,33H,3,9H2,1-2H3. The molecule has 2 rings (SSSR count). The van der Waals surface area contributed by atoms with Crippen LogP contribution >= 0.6 is 8.03 Å². The number of hydrogen-bond donors (Lipinski definition) is 1. The fourth-order valence-electron chi connectivity index (χ4n) is 2.73. The number of nitro groups is 2. The second-order valence-corrected chi connectivity index (χ2v) is 7.80. The minimum Gasteiger partial charge on any atom is -0.467 e. The van der Waals surface area contributed by atoms with E-state index in [4.69, 9.17) is 4.52 Å². The summed E-state index contributed by atoms with van der Waals surface area (Å²) in [5.41, 5.74) is -2.73. The fraction of sp³-hybridized carbons (Fsp3) is 0.278. The summed E-state index contributed by atoms with van der Waals surface area (Å²) in [4.78, 5) is 32.2. The third-order valence-electron chi connectivity index (χ3n) is 4.36. The van der Waals surface area contributed by atoms with Crippen molar-refractivity contribution in [1.29, 1.82) is 0 Å². The Balaban J connectivity index is 2.56. The molecule has 1 N–H and O–H groups in total. The lowest BCUT2D eigenvalue weighted by Gasteiger charge is -2.15. The van der Waals surface area contributed by atoms with E-state index in [9.17, 15) is 42.8 Å². The largest absolute Gasteiger partial charge is 0.467 e. The molecule has 33 heavy (non-hydrogen) atoms. The Hall–Kier alpha value is -3.51. The molecule has 0 aliphatic heterocycles. The van der Waals surface area contributed by atoms with Crippen molar-refractivity contribution in [2.24, 2.45) is 0 Å². The van der Waals surface area contributed by atoms with E-state index in [1.54, 1.807) is 6.92 Å². The molecule has 15 heteroatoms. The van der Waals surface area contributed by atoms with Crippen LogP contribution in [0.15, 0.2) is 30.3 Å². The van der Waals surface area contributed by atoms with Gasteiger partial charge in [0.1, 0.15) is 11.0 Å². The van der Waals surface area contributed by atoms with E-state index < -0.39 is 58.9 Å². The average Bonchev–Trinajstić information content (AvgIpc) is 2.75. The Kier molecular flexibility index (Phi) is 8.12. The molecule has 0 aromatic heterocycles. The van der Waals surface area contributed by atoms with Crippen molar-refractivity contribution in [3.63, 3.8) is 0 Å². The highest BCUT2D eigenvalue weighted by atomic mass is 31.1. The molecule has 11 nitrogen and oxygen atoms in total. The molecule has 0 spiro atoms. The molecule has 0 saturated heterocycles. The van der Waals surface area contributed by atoms with Crippen LogP contribution in [-0.2, 0) is 31.2 Å². The van der Waals surface area contributed by atoms with Crippen LogP contribution in [0.2, 0.25) is 0 Å². The lowest BCUT2D eigenvalue weighted by Crippen LogP contribution is -2.13. The van der Waals surface area contributed by atoms with E-state index in [0.717, 1.165) is 25.3 Å². The van der Waals surface area contributed by atoms with Gasteiger partial charge in [0.2, 0.25) is 8.03 Å². The predicted octanol–water partition coefficient (Wildman–Crippen LogP) is 4.12. The number of methoxy groups -OCH3 is 1. The Bertz CT molecular complexity index is 1120. The van der Waals surface area contributed by atoms with Gasteiger partial charge in [0, 0.05) is 17.8 Å². The molecule has 0 radical (unpaired) electrons. The summed E-state index contributed by atoms with van der Waals surface area (Å²) in [5.74, 6) is -0.875. The van der Waals surface area contributed by atoms with Crippen LogP contribution in [0.3, 0.4) is 0 Å². The maximum absolute atomic E-state index is 12.9. The van der Waals surface area contributed by atoms with Crippen LogP contribution < -0.4 is 10.6 Å². The molecule has 0 aliphatic carbocycles. The second kappa shape index (κ2) is 10.4. The number of rotatable bonds is 9. The number of nitro benzene ring substituents is 2. The minimum absolute atomic E-state index is 0.0287. The highest BCUT2D eigenvalue weighted by molar-refractivity contribution is 7.48. The minimum atomic E-state index is -4.81. The van der Waals surface area contributed by atoms with E-state index in [-0.39, 0.29) is 23.4 Å². The maximum Gasteiger partial charge on any atom is 0.416 e. The number of esters is 1. The fourth-order valence-corrected chi connectivity index (χ4v) is 3.77. The molecule has 0 amide bonds. The molecule has 1 unspecified atom stereocenters. The van der Waals surface area contributed by atoms with Gasteiger partial charge >= 0.3 is 12.1 Å². The zero-order chi connectivity index (χ0) is 24.9. The highest BCUT2D eigenvalue weighted by Gasteiger charge is 2.33. The van der Waals surface area contributed by atoms with E-state index in [2.05, 4.69) is 10.1 Å². The van der Waals surface area contributed by atoms with Gasteiger partial charge in [-0.2, -0.15) is 13.2 Å². The first kappa shape index (κ1) is 25.7. The number of alkyl halides is 3. The van der Waals surface area contributed by atoms with E-state index in [1.165, 1.54) is 0 Å². The lowest BCUT2D eigenvalue weighted by molar-refractivity contribution is -0.384. The van der Waals surface area contributed by atoms with Gasteiger partial charge in [0.25, 0.3) is 11.4 Å². The summed E-state index contributed by atoms with van der Waals surface area (Å²) < 4.78 is 60.6. The van der Waals surface area contributed by atoms with Gasteiger partial charge in [-0.05, 0) is 30.2 Å². The second-order valence-electron chi connectivity index (χ2n) is 6.40. The Morgan fingerprint density at radius 3 is 2.24 bits per heavy atom. The number of hydrogen-bond acceptors (Lipinski definition) is 9. The van der Waals surface area contributed by atoms with Crippen LogP contribution in [0.1, 0.15) is 18.1 Å². The van der Waals surface area contributed by atoms with E-state index >= 15 is 0 Å². The summed E-state index contributed by atoms with van der Waals surface area (Å²) in [6, 6.07) is 3.95. The molecule has 0 saturated carbocycles. The molecule has 0 fully saturated rings. The van der Waals surface area contributed by atoms with Crippen molar-refractivity contribution >= 4 is 42.1 Å². The number of ether oxygens (including phenoxy) is 1. The van der Waals surface area contributed by atoms with Crippen molar-refractivity contribution in [3.8, 4) is 0 Å². The number of anilines is 2. The number of nitrogens with one attached hydrogen (secondary N) is 1. The van der Waals surface area contributed by atoms with Crippen LogP contribution in [0, 0.1) is 20.2 Å². The van der Waals surface area contributed by atoms with Gasteiger partial charge in [-0.3, -0.25) is 24.8 Å². The first-order valence-electron chi connectivity index (χ1n) is 9.06. The maximum atomic E-state index is 12.9. The molecular weight excluding hydrogens is 474 g/mol. The molecule has 2 aromatic carbocycles. The first-order chi connectivity index (χ1) is 15.4. The van der Waals surface area contributed by atoms with Gasteiger partial charge in [-0.25, -0.2) is 4.79 Å². The summed E-state index contributed by atoms with van der Waals surface area (Å²) in [7, 11) is -2.30. The lowest BCUT2D eigenvalue weighted by atomic mass is 10.1. The molecule has 1 atom stereocenters. The zero-order valence-electron chi connectivity index (χ0n) is 17.1. The summed E-state index contributed by atoms with van der Waals surface area (Å²) in [6.07, 6.45) is -4.63. The Morgan fingerprint density at radius 2 is 1.73 bits per heavy atom. The van der Waals surface area contributed by atoms with Crippen molar-refractivity contribution in [3.05, 3.63) is 61.7 Å². The number of benzene rings is 2. The van der Waals surface area contributed by atoms with Gasteiger partial charge < -0.3 is 14.6 Å². The molecule has 0 bridgehead atoms. The van der Waals surface area contributed by atoms with Crippen molar-refractivity contribution in [2.75, 3.05) is 19.0 Å². The van der Waals surface area contributed by atoms with Gasteiger partial charge in [-0.1, -0.05) is 6.92 Å². The van der Waals surface area contributed by atoms with Crippen molar-refractivity contribution in [1.82, 2.24) is 0 Å². The predicted molar refractivity (Wildman–Crippen MR) is 110 cm³/mol. The normalized spacial score (nSPS) is 12.2. The Morgan fingerprint density at radius 1 is 1.09 bits per heavy atom. The Labute approximate surface area is 184 Å². The van der Waals surface area contributed by atoms with Gasteiger partial charge in [-0.15, -0.1) is 0 Å². The van der Waals surface area contributed by atoms with E-state index in [0.29, 0.717) is 12.1 Å². The third-order valence-corrected chi connectivity index (χ3v) is 5.61. The first-order valence-corrected chi connectivity index (χ1v) is 10.4. The van der Waals surface area contributed by atoms with Crippen LogP contribution in [0.5, 0.6) is 0 Å². The van der Waals surface area contributed by atoms with Crippen molar-refractivity contribution < 1.29 is 41.6 Å². The highest BCUT2D eigenvalue weighted by Crippen LogP contribution is 2.38. The van der Waals surface area contributed by atoms with Crippen LogP contribution in [0.25, 0.3) is 0 Å². The average molecular weight is 491 g/mol. The summed E-state index contributed by atoms with van der Waals surface area (Å²) in [5, 5.41) is 25.0. The molecule has 0 aliphatic rings. The summed E-state index contributed by atoms with van der Waals surface area (Å²) in [6.45, 7) is 0.871. The molecule has 2 aromatic rings. The number of carbonyl (C=O) groups is 1. The van der Waals surface area contributed by atoms with Crippen LogP contribution in [-0.4, -0.2) is 29.5 Å². The molecular formula is C18H17F3N3O8P. The number of aryl methyl sites for hydroxylation is 1. The quantitative estimate of drug-likeness (QED) is 0.236. The monoisotopic (exact) mass is 491 g/mol. The SMILES string of the molecule is CCc1cc([N+](=O)[O-])c([PH](=O)OCC(=O)OC)cc1Nc1ccc(C(F)(F)F)cc1[N+](=O)[O-]. The number of halogens is 3. The van der Waals surface area contributed by atoms with E-state index in [1.807, 2.05) is 0 Å². The third kappa shape index (κ3) is 6.26. The van der Waals surface area contributed by atoms with Gasteiger partial charge in [0.15, 0.2) is 6.61 Å². The molecule has 0 heterocycles. The zero-order valence-corrected chi connectivity index (χ0v) is 18.1. The van der Waals surface area contributed by atoms with Crippen molar-refractivity contribution in [2.45, 2.75) is 19.5 Å². The molecule has 178 valence electrons. The number of nitrogens with zero attached hydrogens (tertiary/aromatic N) is 2. The number of carbonyl (C=O) groups excluding carboxylic acids is 1. The summed E-state index contributed by atoms with van der Waals surface area (Å²) >= 11 is 0. The topological polar surface area (TPSA) is 151 Å².